The third-order valence-corrected chi connectivity index (χ3v) is 82.6. The molecule has 95 heavy (non-hydrogen) atoms. The summed E-state index contributed by atoms with van der Waals surface area (Å²) in [7, 11) is -104. The first-order valence-electron chi connectivity index (χ1n) is 30.6. The largest absolute Gasteiger partial charge is 0.668 e. The van der Waals surface area contributed by atoms with E-state index in [1.807, 2.05) is 39.3 Å². The van der Waals surface area contributed by atoms with Gasteiger partial charge in [-0.1, -0.05) is 0 Å². The van der Waals surface area contributed by atoms with E-state index in [4.69, 9.17) is 141 Å². The van der Waals surface area contributed by atoms with E-state index in [0.29, 0.717) is 0 Å². The van der Waals surface area contributed by atoms with Crippen molar-refractivity contribution >= 4 is 214 Å². The van der Waals surface area contributed by atoms with Gasteiger partial charge in [0.15, 0.2) is 70.9 Å². The summed E-state index contributed by atoms with van der Waals surface area (Å²) >= 11 is 0. The lowest BCUT2D eigenvalue weighted by atomic mass is 10.9. The van der Waals surface area contributed by atoms with Crippen LogP contribution < -0.4 is 0 Å². The zero-order chi connectivity index (χ0) is 72.0. The maximum atomic E-state index is 13.4. The van der Waals surface area contributed by atoms with Crippen LogP contribution in [0.5, 0.6) is 0 Å². The Hall–Kier alpha value is 3.69. The number of hydrogen-bond acceptors (Lipinski definition) is 38. The topological polar surface area (TPSA) is 395 Å². The molecule has 2 spiro atoms. The second-order valence-corrected chi connectivity index (χ2v) is 91.3. The van der Waals surface area contributed by atoms with Crippen LogP contribution >= 0.6 is 0 Å². The van der Waals surface area contributed by atoms with Crippen LogP contribution in [0.4, 0.5) is 0 Å². The summed E-state index contributed by atoms with van der Waals surface area (Å²) in [5.74, 6) is 0. The maximum absolute atomic E-state index is 13.4. The summed E-state index contributed by atoms with van der Waals surface area (Å²) in [5.41, 5.74) is 0. The molecule has 0 aliphatic carbocycles. The zero-order valence-electron chi connectivity index (χ0n) is 59.4. The molecule has 0 aromatic heterocycles. The highest BCUT2D eigenvalue weighted by molar-refractivity contribution is 7.03. The Kier molecular flexibility index (Phi) is 29.6. The van der Waals surface area contributed by atoms with Gasteiger partial charge in [0, 0.05) is 39.6 Å². The van der Waals surface area contributed by atoms with Gasteiger partial charge in [0.2, 0.25) is 0 Å². The molecule has 0 amide bonds. The molecular weight excluding hydrogens is 1680 g/mol. The number of rotatable bonds is 34. The van der Waals surface area contributed by atoms with E-state index in [1.54, 1.807) is 99.3 Å². The van der Waals surface area contributed by atoms with E-state index < -0.39 is 214 Å². The summed E-state index contributed by atoms with van der Waals surface area (Å²) in [4.78, 5) is 49.5. The Morgan fingerprint density at radius 2 is 0.789 bits per heavy atom. The van der Waals surface area contributed by atoms with Crippen LogP contribution in [0.3, 0.4) is 0 Å². The van der Waals surface area contributed by atoms with Crippen molar-refractivity contribution in [2.24, 2.45) is 0 Å². The Morgan fingerprint density at radius 3 is 1.21 bits per heavy atom. The molecule has 7 bridgehead atoms. The minimum absolute atomic E-state index is 0.209. The van der Waals surface area contributed by atoms with Gasteiger partial charge < -0.3 is 161 Å². The Bertz CT molecular complexity index is 2510. The van der Waals surface area contributed by atoms with Crippen LogP contribution in [-0.2, 0) is 141 Å². The molecule has 4 N–H and O–H groups in total. The van der Waals surface area contributed by atoms with Gasteiger partial charge in [-0.25, -0.2) is 0 Å². The van der Waals surface area contributed by atoms with E-state index in [0.717, 1.165) is 0 Å². The molecule has 6 aliphatic heterocycles. The lowest BCUT2D eigenvalue weighted by Crippen LogP contribution is -2.92. The van der Waals surface area contributed by atoms with Crippen LogP contribution in [0.2, 0.25) is 151 Å². The molecule has 4 radical (unpaired) electrons. The van der Waals surface area contributed by atoms with Crippen LogP contribution in [0.1, 0.15) is 34.6 Å². The number of fused-ring (bicyclic) bond motifs is 6. The predicted molar refractivity (Wildman–Crippen MR) is 374 cm³/mol. The molecule has 0 aromatic carbocycles. The molecule has 11 unspecified atom stereocenters. The van der Waals surface area contributed by atoms with E-state index in [9.17, 15) is 19.2 Å². The van der Waals surface area contributed by atoms with E-state index >= 15 is 0 Å². The second-order valence-electron chi connectivity index (χ2n) is 25.4. The van der Waals surface area contributed by atoms with Gasteiger partial charge >= 0.3 is 144 Å². The summed E-state index contributed by atoms with van der Waals surface area (Å²) in [6.45, 7) is 45.2. The van der Waals surface area contributed by atoms with Gasteiger partial charge in [-0.2, -0.15) is 0 Å². The fourth-order valence-corrected chi connectivity index (χ4v) is 95.2. The highest BCUT2D eigenvalue weighted by Gasteiger charge is 2.93. The van der Waals surface area contributed by atoms with Gasteiger partial charge in [-0.3, -0.25) is 0 Å². The molecular formula is C33H100O38Si24. The van der Waals surface area contributed by atoms with Crippen molar-refractivity contribution < 1.29 is 161 Å². The van der Waals surface area contributed by atoms with Gasteiger partial charge in [-0.05, 0) is 179 Å². The average Bonchev–Trinajstić information content (AvgIpc) is 0.685. The lowest BCUT2D eigenvalue weighted by Gasteiger charge is -2.59. The SMILES string of the molecule is CCO[Si]1(O)O[Si]2(OCC)O[Si](OCC)(O[Si]3(C)O[Si]4(O[Si](C)C)O[Si](O[Si](C)C)(O[Si](C)(C)C)O[Si]5(O[Si](C)(C)O)O[Si]6(O[Si](O[Si](C)C)(O[Si](C)(C)O)O6)O[Si](O4)(O[Si](O[Si](C)C)(O3)O2)O5)O[Si](O[SiH](C)C)(O[Si](OCC)(OCC)O[Si](O)(O[SiH](C)C)O[Si](C)(C)C)O1. The minimum Gasteiger partial charge on any atom is -0.411 e. The first kappa shape index (κ1) is 87.6. The van der Waals surface area contributed by atoms with Crippen molar-refractivity contribution in [2.75, 3.05) is 33.0 Å². The maximum Gasteiger partial charge on any atom is 0.668 e. The van der Waals surface area contributed by atoms with Gasteiger partial charge in [0.25, 0.3) is 0 Å². The molecule has 6 heterocycles. The van der Waals surface area contributed by atoms with E-state index in [-0.39, 0.29) is 33.0 Å². The van der Waals surface area contributed by atoms with Crippen LogP contribution in [0.25, 0.3) is 0 Å². The first-order chi connectivity index (χ1) is 43.1. The highest BCUT2D eigenvalue weighted by Crippen LogP contribution is 2.53. The molecule has 62 heteroatoms. The first-order valence-corrected chi connectivity index (χ1v) is 81.9. The van der Waals surface area contributed by atoms with Gasteiger partial charge in [0.05, 0.1) is 0 Å². The van der Waals surface area contributed by atoms with Crippen LogP contribution in [-0.4, -0.2) is 267 Å². The molecule has 38 nitrogen and oxygen atoms in total. The molecule has 556 valence electrons. The normalized spacial score (nSPS) is 37.6. The quantitative estimate of drug-likeness (QED) is 0.0669. The Balaban J connectivity index is 1.79. The van der Waals surface area contributed by atoms with Crippen LogP contribution in [0.15, 0.2) is 0 Å². The van der Waals surface area contributed by atoms with E-state index in [2.05, 4.69) is 0 Å². The fourth-order valence-electron chi connectivity index (χ4n) is 8.66. The van der Waals surface area contributed by atoms with Crippen molar-refractivity contribution in [3.05, 3.63) is 0 Å². The highest BCUT2D eigenvalue weighted by atomic mass is 28.7. The minimum atomic E-state index is -5.94. The average molecular weight is 1780 g/mol. The van der Waals surface area contributed by atoms with E-state index in [1.165, 1.54) is 46.6 Å². The van der Waals surface area contributed by atoms with Crippen molar-refractivity contribution in [1.82, 2.24) is 0 Å². The molecule has 0 aromatic rings. The standard InChI is InChI=1S/C33H100O38Si24/c1-29-38-83(36)56-87(42-33-5)60-86(41-32-4,61-92(57-83,48-77(16)17)59-85(39-30-2,40-31-3)58-84(37,43-72(6)7)49-78(18,19)20)53-82(28)54-90(62-87,46-75(12)13)67-95-68-91(55-82,47-76(14)15)63-88(44-73(8)9,50-79(21,22)23)64-93(70-95,52-81(26,27)35)69-94(71-95)65-89(66-94,45-74(10)11)51-80(24,25)34/h34-37,72,77H,29-33H2,1-28H3. The second kappa shape index (κ2) is 32.1. The fraction of sp³-hybridized carbons (Fsp3) is 1.00. The zero-order valence-corrected chi connectivity index (χ0v) is 83.7. The summed E-state index contributed by atoms with van der Waals surface area (Å²) < 4.78 is 233. The lowest BCUT2D eigenvalue weighted by molar-refractivity contribution is -0.130. The molecule has 0 saturated carbocycles. The third-order valence-electron chi connectivity index (χ3n) is 10.3. The summed E-state index contributed by atoms with van der Waals surface area (Å²) in [5, 5.41) is 0. The smallest absolute Gasteiger partial charge is 0.411 e. The molecule has 6 rings (SSSR count). The summed E-state index contributed by atoms with van der Waals surface area (Å²) in [6, 6.07) is 0. The molecule has 6 fully saturated rings. The predicted octanol–water partition coefficient (Wildman–Crippen LogP) is 1.98. The van der Waals surface area contributed by atoms with Crippen molar-refractivity contribution in [2.45, 2.75) is 185 Å². The van der Waals surface area contributed by atoms with Crippen LogP contribution in [0, 0.1) is 0 Å². The Morgan fingerprint density at radius 1 is 0.379 bits per heavy atom. The van der Waals surface area contributed by atoms with Crippen molar-refractivity contribution in [3.8, 4) is 0 Å². The third kappa shape index (κ3) is 24.3. The summed E-state index contributed by atoms with van der Waals surface area (Å²) in [6.07, 6.45) is 0. The molecule has 11 atom stereocenters. The van der Waals surface area contributed by atoms with Gasteiger partial charge in [0.1, 0.15) is 0 Å². The number of hydrogen-bond donors (Lipinski definition) is 4. The molecule has 6 saturated heterocycles. The van der Waals surface area contributed by atoms with Crippen molar-refractivity contribution in [3.63, 3.8) is 0 Å². The Labute approximate surface area is 588 Å². The van der Waals surface area contributed by atoms with Crippen molar-refractivity contribution in [1.29, 1.82) is 0 Å². The molecule has 6 aliphatic rings. The monoisotopic (exact) mass is 1780 g/mol. The van der Waals surface area contributed by atoms with Gasteiger partial charge in [-0.15, -0.1) is 0 Å².